The first-order chi connectivity index (χ1) is 9.78. The van der Waals surface area contributed by atoms with Crippen molar-refractivity contribution in [1.82, 2.24) is 0 Å². The lowest BCUT2D eigenvalue weighted by Crippen LogP contribution is -2.33. The highest BCUT2D eigenvalue weighted by Gasteiger charge is 2.45. The Labute approximate surface area is 123 Å². The minimum atomic E-state index is -3.54. The number of esters is 2. The van der Waals surface area contributed by atoms with Crippen molar-refractivity contribution in [3.63, 3.8) is 0 Å². The van der Waals surface area contributed by atoms with Crippen LogP contribution in [0.5, 0.6) is 0 Å². The van der Waals surface area contributed by atoms with E-state index < -0.39 is 40.9 Å². The van der Waals surface area contributed by atoms with Crippen molar-refractivity contribution in [2.24, 2.45) is 5.92 Å². The summed E-state index contributed by atoms with van der Waals surface area (Å²) >= 11 is 0. The fraction of sp³-hybridized carbons (Fsp3) is 0.692. The minimum absolute atomic E-state index is 0.0342. The number of ether oxygens (including phenoxy) is 2. The van der Waals surface area contributed by atoms with Crippen LogP contribution in [-0.2, 0) is 33.4 Å². The Morgan fingerprint density at radius 2 is 2.00 bits per heavy atom. The molecule has 0 aromatic heterocycles. The van der Waals surface area contributed by atoms with Gasteiger partial charge in [0, 0.05) is 5.57 Å². The zero-order valence-electron chi connectivity index (χ0n) is 11.7. The van der Waals surface area contributed by atoms with Crippen molar-refractivity contribution in [1.29, 1.82) is 0 Å². The first-order valence-corrected chi connectivity index (χ1v) is 8.29. The summed E-state index contributed by atoms with van der Waals surface area (Å²) in [5.41, 5.74) is 0.187. The predicted molar refractivity (Wildman–Crippen MR) is 71.7 cm³/mol. The smallest absolute Gasteiger partial charge is 0.344 e. The molecule has 1 heterocycles. The van der Waals surface area contributed by atoms with Crippen LogP contribution in [0.2, 0.25) is 0 Å². The normalized spacial score (nSPS) is 30.2. The topological polar surface area (TPSA) is 96.0 Å². The van der Waals surface area contributed by atoms with Crippen molar-refractivity contribution in [2.45, 2.75) is 38.4 Å². The highest BCUT2D eigenvalue weighted by Crippen LogP contribution is 2.37. The second kappa shape index (κ2) is 6.15. The molecule has 2 bridgehead atoms. The monoisotopic (exact) mass is 318 g/mol. The molecule has 0 aromatic rings. The lowest BCUT2D eigenvalue weighted by molar-refractivity contribution is -0.164. The third-order valence-electron chi connectivity index (χ3n) is 3.60. The standard InChI is InChI=1S/C13H18O7S/c1-8(2)13(15)18-7-11(14)19-12-9-3-4-10(12)20-21(16,17)6-5-9/h9-10,12H,1,3-7H2,2H3. The van der Waals surface area contributed by atoms with Gasteiger partial charge in [0.05, 0.1) is 5.75 Å². The highest BCUT2D eigenvalue weighted by molar-refractivity contribution is 7.86. The van der Waals surface area contributed by atoms with Crippen LogP contribution in [0.15, 0.2) is 12.2 Å². The van der Waals surface area contributed by atoms with Crippen LogP contribution in [0.3, 0.4) is 0 Å². The van der Waals surface area contributed by atoms with E-state index in [0.29, 0.717) is 12.8 Å². The van der Waals surface area contributed by atoms with Gasteiger partial charge < -0.3 is 9.47 Å². The summed E-state index contributed by atoms with van der Waals surface area (Å²) in [5.74, 6) is -1.48. The fourth-order valence-electron chi connectivity index (χ4n) is 2.56. The Morgan fingerprint density at radius 1 is 1.29 bits per heavy atom. The molecule has 118 valence electrons. The number of fused-ring (bicyclic) bond motifs is 2. The van der Waals surface area contributed by atoms with E-state index in [4.69, 9.17) is 13.7 Å². The summed E-state index contributed by atoms with van der Waals surface area (Å²) in [6.45, 7) is 4.35. The first kappa shape index (κ1) is 16.0. The van der Waals surface area contributed by atoms with Crippen LogP contribution in [0.4, 0.5) is 0 Å². The van der Waals surface area contributed by atoms with Gasteiger partial charge in [-0.05, 0) is 32.1 Å². The molecule has 0 N–H and O–H groups in total. The first-order valence-electron chi connectivity index (χ1n) is 6.71. The molecule has 1 aliphatic carbocycles. The van der Waals surface area contributed by atoms with Crippen LogP contribution in [0.1, 0.15) is 26.2 Å². The molecule has 8 heteroatoms. The van der Waals surface area contributed by atoms with Gasteiger partial charge in [0.2, 0.25) is 0 Å². The molecule has 0 radical (unpaired) electrons. The summed E-state index contributed by atoms with van der Waals surface area (Å²) < 4.78 is 38.1. The zero-order valence-corrected chi connectivity index (χ0v) is 12.6. The summed E-state index contributed by atoms with van der Waals surface area (Å²) in [7, 11) is -3.54. The van der Waals surface area contributed by atoms with E-state index in [1.54, 1.807) is 0 Å². The Kier molecular flexibility index (Phi) is 4.67. The highest BCUT2D eigenvalue weighted by atomic mass is 32.2. The van der Waals surface area contributed by atoms with E-state index in [1.165, 1.54) is 6.92 Å². The third kappa shape index (κ3) is 4.04. The van der Waals surface area contributed by atoms with Crippen LogP contribution >= 0.6 is 0 Å². The second-order valence-electron chi connectivity index (χ2n) is 5.33. The van der Waals surface area contributed by atoms with Crippen LogP contribution in [-0.4, -0.2) is 44.9 Å². The number of hydrogen-bond donors (Lipinski definition) is 0. The molecule has 0 aromatic carbocycles. The summed E-state index contributed by atoms with van der Waals surface area (Å²) in [6, 6.07) is 0. The molecule has 2 aliphatic rings. The molecule has 21 heavy (non-hydrogen) atoms. The molecule has 7 nitrogen and oxygen atoms in total. The molecule has 1 saturated heterocycles. The number of rotatable bonds is 4. The molecule has 3 atom stereocenters. The van der Waals surface area contributed by atoms with Crippen LogP contribution < -0.4 is 0 Å². The summed E-state index contributed by atoms with van der Waals surface area (Å²) in [5, 5.41) is 0. The SMILES string of the molecule is C=C(C)C(=O)OCC(=O)OC1C2CCC1OS(=O)(=O)CC2. The molecule has 2 fully saturated rings. The fourth-order valence-corrected chi connectivity index (χ4v) is 3.83. The molecule has 0 amide bonds. The second-order valence-corrected chi connectivity index (χ2v) is 7.05. The zero-order chi connectivity index (χ0) is 15.6. The molecule has 2 rings (SSSR count). The lowest BCUT2D eigenvalue weighted by Gasteiger charge is -2.21. The van der Waals surface area contributed by atoms with Gasteiger partial charge in [-0.2, -0.15) is 8.42 Å². The Morgan fingerprint density at radius 3 is 2.67 bits per heavy atom. The summed E-state index contributed by atoms with van der Waals surface area (Å²) in [6.07, 6.45) is 0.459. The largest absolute Gasteiger partial charge is 0.457 e. The Balaban J connectivity index is 1.92. The van der Waals surface area contributed by atoms with Gasteiger partial charge in [-0.15, -0.1) is 0 Å². The molecular weight excluding hydrogens is 300 g/mol. The third-order valence-corrected chi connectivity index (χ3v) is 4.88. The van der Waals surface area contributed by atoms with Crippen molar-refractivity contribution in [3.05, 3.63) is 12.2 Å². The average Bonchev–Trinajstić information content (AvgIpc) is 2.68. The van der Waals surface area contributed by atoms with Gasteiger partial charge in [0.25, 0.3) is 10.1 Å². The van der Waals surface area contributed by atoms with Gasteiger partial charge in [-0.3, -0.25) is 4.18 Å². The number of carbonyl (C=O) groups excluding carboxylic acids is 2. The van der Waals surface area contributed by atoms with Crippen molar-refractivity contribution < 1.29 is 31.7 Å². The van der Waals surface area contributed by atoms with Gasteiger partial charge >= 0.3 is 11.9 Å². The van der Waals surface area contributed by atoms with E-state index in [2.05, 4.69) is 6.58 Å². The van der Waals surface area contributed by atoms with E-state index in [9.17, 15) is 18.0 Å². The Hall–Kier alpha value is -1.41. The molecule has 1 saturated carbocycles. The number of hydrogen-bond acceptors (Lipinski definition) is 7. The maximum atomic E-state index is 11.7. The number of carbonyl (C=O) groups is 2. The molecule has 3 unspecified atom stereocenters. The molecular formula is C13H18O7S. The molecule has 1 aliphatic heterocycles. The van der Waals surface area contributed by atoms with E-state index in [-0.39, 0.29) is 17.2 Å². The van der Waals surface area contributed by atoms with E-state index in [0.717, 1.165) is 6.42 Å². The Bertz CT molecular complexity index is 551. The molecule has 0 spiro atoms. The minimum Gasteiger partial charge on any atom is -0.457 e. The quantitative estimate of drug-likeness (QED) is 0.424. The van der Waals surface area contributed by atoms with Crippen molar-refractivity contribution in [2.75, 3.05) is 12.4 Å². The van der Waals surface area contributed by atoms with E-state index in [1.807, 2.05) is 0 Å². The van der Waals surface area contributed by atoms with Crippen molar-refractivity contribution >= 4 is 22.1 Å². The van der Waals surface area contributed by atoms with Gasteiger partial charge in [-0.25, -0.2) is 9.59 Å². The predicted octanol–water partition coefficient (Wildman–Crippen LogP) is 0.546. The van der Waals surface area contributed by atoms with Crippen molar-refractivity contribution in [3.8, 4) is 0 Å². The van der Waals surface area contributed by atoms with Gasteiger partial charge in [0.1, 0.15) is 12.2 Å². The lowest BCUT2D eigenvalue weighted by atomic mass is 10.0. The van der Waals surface area contributed by atoms with Crippen LogP contribution in [0, 0.1) is 5.92 Å². The maximum absolute atomic E-state index is 11.7. The van der Waals surface area contributed by atoms with E-state index >= 15 is 0 Å². The average molecular weight is 318 g/mol. The van der Waals surface area contributed by atoms with Gasteiger partial charge in [-0.1, -0.05) is 6.58 Å². The van der Waals surface area contributed by atoms with Crippen LogP contribution in [0.25, 0.3) is 0 Å². The van der Waals surface area contributed by atoms with Gasteiger partial charge in [0.15, 0.2) is 6.61 Å². The summed E-state index contributed by atoms with van der Waals surface area (Å²) in [4.78, 5) is 22.9. The maximum Gasteiger partial charge on any atom is 0.344 e.